The molecule has 0 saturated heterocycles. The molecule has 1 aromatic heterocycles. The number of nitrogens with one attached hydrogen (secondary N) is 2. The summed E-state index contributed by atoms with van der Waals surface area (Å²) in [7, 11) is 0. The summed E-state index contributed by atoms with van der Waals surface area (Å²) in [6, 6.07) is -0.378. The van der Waals surface area contributed by atoms with Crippen molar-refractivity contribution in [1.29, 1.82) is 0 Å². The van der Waals surface area contributed by atoms with Gasteiger partial charge in [0.05, 0.1) is 12.4 Å². The molecule has 0 saturated carbocycles. The number of carbonyl (C=O) groups is 1. The molecule has 84 valence electrons. The van der Waals surface area contributed by atoms with E-state index >= 15 is 0 Å². The van der Waals surface area contributed by atoms with E-state index in [1.165, 1.54) is 0 Å². The molecule has 5 nitrogen and oxygen atoms in total. The third kappa shape index (κ3) is 4.12. The van der Waals surface area contributed by atoms with Crippen molar-refractivity contribution in [1.82, 2.24) is 15.3 Å². The number of hydrogen-bond donors (Lipinski definition) is 3. The van der Waals surface area contributed by atoms with E-state index in [1.54, 1.807) is 12.5 Å². The fraction of sp³-hybridized carbons (Fsp3) is 0.600. The first-order valence-corrected chi connectivity index (χ1v) is 5.24. The maximum absolute atomic E-state index is 11.4. The van der Waals surface area contributed by atoms with Gasteiger partial charge in [0.1, 0.15) is 0 Å². The number of amides is 1. The monoisotopic (exact) mass is 210 g/mol. The van der Waals surface area contributed by atoms with E-state index < -0.39 is 0 Å². The van der Waals surface area contributed by atoms with Crippen LogP contribution in [0.15, 0.2) is 12.5 Å². The molecule has 1 rings (SSSR count). The molecule has 1 atom stereocenters. The van der Waals surface area contributed by atoms with Crippen LogP contribution in [-0.2, 0) is 11.2 Å². The highest BCUT2D eigenvalue weighted by Crippen LogP contribution is 1.94. The maximum atomic E-state index is 11.4. The Morgan fingerprint density at radius 3 is 3.13 bits per heavy atom. The molecule has 1 unspecified atom stereocenters. The van der Waals surface area contributed by atoms with Crippen molar-refractivity contribution >= 4 is 5.91 Å². The number of hydrogen-bond acceptors (Lipinski definition) is 3. The normalized spacial score (nSPS) is 12.4. The number of H-pyrrole nitrogens is 1. The SMILES string of the molecule is CCCC(N)C(=O)NCCc1cnc[nH]1. The average Bonchev–Trinajstić information content (AvgIpc) is 2.71. The minimum absolute atomic E-state index is 0.0728. The minimum atomic E-state index is -0.378. The van der Waals surface area contributed by atoms with Gasteiger partial charge in [0.15, 0.2) is 0 Å². The van der Waals surface area contributed by atoms with Gasteiger partial charge in [-0.25, -0.2) is 4.98 Å². The van der Waals surface area contributed by atoms with Crippen molar-refractivity contribution in [2.45, 2.75) is 32.2 Å². The fourth-order valence-electron chi connectivity index (χ4n) is 1.31. The van der Waals surface area contributed by atoms with E-state index in [0.29, 0.717) is 6.54 Å². The molecule has 0 aliphatic rings. The number of imidazole rings is 1. The Balaban J connectivity index is 2.17. The lowest BCUT2D eigenvalue weighted by atomic mass is 10.1. The van der Waals surface area contributed by atoms with Crippen molar-refractivity contribution < 1.29 is 4.79 Å². The summed E-state index contributed by atoms with van der Waals surface area (Å²) < 4.78 is 0. The van der Waals surface area contributed by atoms with Crippen LogP contribution in [0.5, 0.6) is 0 Å². The second-order valence-corrected chi connectivity index (χ2v) is 3.51. The summed E-state index contributed by atoms with van der Waals surface area (Å²) in [5.74, 6) is -0.0728. The largest absolute Gasteiger partial charge is 0.354 e. The number of nitrogens with zero attached hydrogens (tertiary/aromatic N) is 1. The standard InChI is InChI=1S/C10H18N4O/c1-2-3-9(11)10(15)13-5-4-8-6-12-7-14-8/h6-7,9H,2-5,11H2,1H3,(H,12,14)(H,13,15). The zero-order valence-corrected chi connectivity index (χ0v) is 8.99. The quantitative estimate of drug-likeness (QED) is 0.627. The van der Waals surface area contributed by atoms with Crippen LogP contribution in [0.2, 0.25) is 0 Å². The zero-order valence-electron chi connectivity index (χ0n) is 8.99. The molecule has 0 radical (unpaired) electrons. The molecular weight excluding hydrogens is 192 g/mol. The van der Waals surface area contributed by atoms with Gasteiger partial charge < -0.3 is 16.0 Å². The number of aromatic nitrogens is 2. The van der Waals surface area contributed by atoms with E-state index in [4.69, 9.17) is 5.73 Å². The summed E-state index contributed by atoms with van der Waals surface area (Å²) >= 11 is 0. The highest BCUT2D eigenvalue weighted by atomic mass is 16.2. The van der Waals surface area contributed by atoms with Crippen LogP contribution in [0.1, 0.15) is 25.5 Å². The van der Waals surface area contributed by atoms with Gasteiger partial charge in [-0.15, -0.1) is 0 Å². The second-order valence-electron chi connectivity index (χ2n) is 3.51. The molecule has 0 aliphatic heterocycles. The van der Waals surface area contributed by atoms with Crippen LogP contribution in [0.4, 0.5) is 0 Å². The molecular formula is C10H18N4O. The molecule has 0 spiro atoms. The van der Waals surface area contributed by atoms with Gasteiger partial charge in [-0.2, -0.15) is 0 Å². The Morgan fingerprint density at radius 1 is 1.73 bits per heavy atom. The average molecular weight is 210 g/mol. The third-order valence-corrected chi connectivity index (χ3v) is 2.18. The Bertz CT molecular complexity index is 284. The number of carbonyl (C=O) groups excluding carboxylic acids is 1. The number of aromatic amines is 1. The fourth-order valence-corrected chi connectivity index (χ4v) is 1.31. The Hall–Kier alpha value is -1.36. The Morgan fingerprint density at radius 2 is 2.53 bits per heavy atom. The van der Waals surface area contributed by atoms with Crippen LogP contribution >= 0.6 is 0 Å². The van der Waals surface area contributed by atoms with Gasteiger partial charge >= 0.3 is 0 Å². The lowest BCUT2D eigenvalue weighted by molar-refractivity contribution is -0.122. The van der Waals surface area contributed by atoms with Crippen molar-refractivity contribution in [2.75, 3.05) is 6.54 Å². The van der Waals surface area contributed by atoms with Crippen molar-refractivity contribution in [2.24, 2.45) is 5.73 Å². The molecule has 0 aromatic carbocycles. The van der Waals surface area contributed by atoms with Crippen molar-refractivity contribution in [3.8, 4) is 0 Å². The highest BCUT2D eigenvalue weighted by Gasteiger charge is 2.10. The predicted octanol–water partition coefficient (Wildman–Crippen LogP) is 0.196. The van der Waals surface area contributed by atoms with Gasteiger partial charge in [-0.3, -0.25) is 4.79 Å². The lowest BCUT2D eigenvalue weighted by Crippen LogP contribution is -2.41. The van der Waals surface area contributed by atoms with Gasteiger partial charge in [0, 0.05) is 24.9 Å². The first-order valence-electron chi connectivity index (χ1n) is 5.24. The summed E-state index contributed by atoms with van der Waals surface area (Å²) in [6.45, 7) is 2.61. The van der Waals surface area contributed by atoms with Gasteiger partial charge in [0.25, 0.3) is 0 Å². The molecule has 0 fully saturated rings. The number of nitrogens with two attached hydrogens (primary N) is 1. The maximum Gasteiger partial charge on any atom is 0.236 e. The Kier molecular flexibility index (Phi) is 4.83. The van der Waals surface area contributed by atoms with Crippen LogP contribution in [-0.4, -0.2) is 28.5 Å². The van der Waals surface area contributed by atoms with E-state index in [1.807, 2.05) is 6.92 Å². The molecule has 0 bridgehead atoms. The number of rotatable bonds is 6. The van der Waals surface area contributed by atoms with Gasteiger partial charge in [0.2, 0.25) is 5.91 Å². The Labute approximate surface area is 89.5 Å². The second kappa shape index (κ2) is 6.19. The molecule has 1 amide bonds. The molecule has 1 aromatic rings. The highest BCUT2D eigenvalue weighted by molar-refractivity contribution is 5.81. The summed E-state index contributed by atoms with van der Waals surface area (Å²) in [6.07, 6.45) is 5.79. The molecule has 1 heterocycles. The van der Waals surface area contributed by atoms with E-state index in [9.17, 15) is 4.79 Å². The van der Waals surface area contributed by atoms with E-state index in [2.05, 4.69) is 15.3 Å². The molecule has 4 N–H and O–H groups in total. The summed E-state index contributed by atoms with van der Waals surface area (Å²) in [5, 5.41) is 2.79. The van der Waals surface area contributed by atoms with Crippen molar-refractivity contribution in [3.63, 3.8) is 0 Å². The van der Waals surface area contributed by atoms with Crippen molar-refractivity contribution in [3.05, 3.63) is 18.2 Å². The molecule has 0 aliphatic carbocycles. The predicted molar refractivity (Wildman–Crippen MR) is 58.2 cm³/mol. The third-order valence-electron chi connectivity index (χ3n) is 2.18. The van der Waals surface area contributed by atoms with Gasteiger partial charge in [-0.05, 0) is 6.42 Å². The summed E-state index contributed by atoms with van der Waals surface area (Å²) in [5.41, 5.74) is 6.67. The zero-order chi connectivity index (χ0) is 11.1. The molecule has 15 heavy (non-hydrogen) atoms. The van der Waals surface area contributed by atoms with E-state index in [-0.39, 0.29) is 11.9 Å². The first-order chi connectivity index (χ1) is 7.24. The lowest BCUT2D eigenvalue weighted by Gasteiger charge is -2.10. The first kappa shape index (κ1) is 11.7. The van der Waals surface area contributed by atoms with Crippen LogP contribution in [0, 0.1) is 0 Å². The van der Waals surface area contributed by atoms with Crippen LogP contribution < -0.4 is 11.1 Å². The van der Waals surface area contributed by atoms with Crippen LogP contribution in [0.3, 0.4) is 0 Å². The van der Waals surface area contributed by atoms with Crippen LogP contribution in [0.25, 0.3) is 0 Å². The smallest absolute Gasteiger partial charge is 0.236 e. The van der Waals surface area contributed by atoms with Gasteiger partial charge in [-0.1, -0.05) is 13.3 Å². The van der Waals surface area contributed by atoms with E-state index in [0.717, 1.165) is 25.0 Å². The topological polar surface area (TPSA) is 83.8 Å². The molecule has 5 heteroatoms. The summed E-state index contributed by atoms with van der Waals surface area (Å²) in [4.78, 5) is 18.3. The minimum Gasteiger partial charge on any atom is -0.354 e.